The molecule has 0 aliphatic heterocycles. The second-order valence-corrected chi connectivity index (χ2v) is 4.95. The minimum absolute atomic E-state index is 0.0793. The van der Waals surface area contributed by atoms with Crippen LogP contribution in [0.2, 0.25) is 0 Å². The Kier molecular flexibility index (Phi) is 3.09. The van der Waals surface area contributed by atoms with Crippen LogP contribution in [0.25, 0.3) is 33.5 Å². The molecule has 0 amide bonds. The van der Waals surface area contributed by atoms with E-state index in [-0.39, 0.29) is 18.6 Å². The van der Waals surface area contributed by atoms with Crippen LogP contribution in [-0.2, 0) is 6.54 Å². The van der Waals surface area contributed by atoms with Crippen LogP contribution >= 0.6 is 0 Å². The van der Waals surface area contributed by atoms with Gasteiger partial charge in [-0.15, -0.1) is 5.10 Å². The molecule has 0 unspecified atom stereocenters. The molecule has 0 bridgehead atoms. The van der Waals surface area contributed by atoms with E-state index in [4.69, 9.17) is 9.52 Å². The van der Waals surface area contributed by atoms with Crippen LogP contribution < -0.4 is 5.43 Å². The summed E-state index contributed by atoms with van der Waals surface area (Å²) < 4.78 is 7.15. The summed E-state index contributed by atoms with van der Waals surface area (Å²) in [5.74, 6) is 0.478. The predicted octanol–water partition coefficient (Wildman–Crippen LogP) is 0.987. The molecule has 1 N–H and O–H groups in total. The highest BCUT2D eigenvalue weighted by Crippen LogP contribution is 2.23. The molecule has 0 atom stereocenters. The second-order valence-electron chi connectivity index (χ2n) is 4.95. The molecular formula is C15H11N5O3. The normalized spacial score (nSPS) is 11.3. The molecule has 0 aliphatic rings. The Hall–Kier alpha value is -3.13. The van der Waals surface area contributed by atoms with E-state index in [1.807, 2.05) is 0 Å². The van der Waals surface area contributed by atoms with Crippen LogP contribution in [0.1, 0.15) is 0 Å². The van der Waals surface area contributed by atoms with Gasteiger partial charge in [-0.1, -0.05) is 0 Å². The van der Waals surface area contributed by atoms with Gasteiger partial charge in [0.1, 0.15) is 5.58 Å². The summed E-state index contributed by atoms with van der Waals surface area (Å²) in [5.41, 5.74) is 1.28. The molecule has 23 heavy (non-hydrogen) atoms. The van der Waals surface area contributed by atoms with E-state index in [1.165, 1.54) is 4.68 Å². The highest BCUT2D eigenvalue weighted by atomic mass is 16.3. The van der Waals surface area contributed by atoms with E-state index in [2.05, 4.69) is 20.5 Å². The number of aliphatic hydroxyl groups excluding tert-OH is 1. The summed E-state index contributed by atoms with van der Waals surface area (Å²) in [6, 6.07) is 8.51. The minimum atomic E-state index is -0.155. The summed E-state index contributed by atoms with van der Waals surface area (Å²) in [6.07, 6.45) is 1.58. The van der Waals surface area contributed by atoms with Gasteiger partial charge >= 0.3 is 0 Å². The lowest BCUT2D eigenvalue weighted by Crippen LogP contribution is -2.07. The van der Waals surface area contributed by atoms with Crippen molar-refractivity contribution in [1.29, 1.82) is 0 Å². The molecule has 3 aromatic heterocycles. The molecular weight excluding hydrogens is 298 g/mol. The van der Waals surface area contributed by atoms with Crippen molar-refractivity contribution in [3.05, 3.63) is 46.8 Å². The zero-order chi connectivity index (χ0) is 15.8. The number of aromatic nitrogens is 5. The maximum atomic E-state index is 12.6. The number of nitrogens with zero attached hydrogens (tertiary/aromatic N) is 5. The second kappa shape index (κ2) is 5.25. The number of tetrazole rings is 1. The SMILES string of the molecule is O=c1c2cc(-c3nnnn3CCO)ccc2oc2ncccc12. The lowest BCUT2D eigenvalue weighted by atomic mass is 10.1. The third-order valence-electron chi connectivity index (χ3n) is 3.55. The van der Waals surface area contributed by atoms with Crippen molar-refractivity contribution in [1.82, 2.24) is 25.2 Å². The number of benzene rings is 1. The van der Waals surface area contributed by atoms with Crippen molar-refractivity contribution in [2.24, 2.45) is 0 Å². The summed E-state index contributed by atoms with van der Waals surface area (Å²) >= 11 is 0. The molecule has 4 aromatic rings. The number of fused-ring (bicyclic) bond motifs is 2. The first-order valence-electron chi connectivity index (χ1n) is 6.97. The van der Waals surface area contributed by atoms with E-state index >= 15 is 0 Å². The number of hydrogen-bond acceptors (Lipinski definition) is 7. The molecule has 4 rings (SSSR count). The summed E-state index contributed by atoms with van der Waals surface area (Å²) in [5, 5.41) is 21.3. The topological polar surface area (TPSA) is 107 Å². The van der Waals surface area contributed by atoms with Gasteiger partial charge in [-0.25, -0.2) is 9.67 Å². The first kappa shape index (κ1) is 13.5. The van der Waals surface area contributed by atoms with Gasteiger partial charge in [-0.3, -0.25) is 4.79 Å². The molecule has 1 aromatic carbocycles. The quantitative estimate of drug-likeness (QED) is 0.562. The standard InChI is InChI=1S/C15H11N5O3/c21-7-6-20-14(17-18-19-20)9-3-4-12-11(8-9)13(22)10-2-1-5-16-15(10)23-12/h1-5,8,21H,6-7H2. The third-order valence-corrected chi connectivity index (χ3v) is 3.55. The van der Waals surface area contributed by atoms with E-state index in [9.17, 15) is 4.79 Å². The first-order chi connectivity index (χ1) is 11.3. The Balaban J connectivity index is 1.97. The molecule has 0 fully saturated rings. The van der Waals surface area contributed by atoms with Gasteiger partial charge < -0.3 is 9.52 Å². The van der Waals surface area contributed by atoms with Gasteiger partial charge in [0.05, 0.1) is 23.9 Å². The van der Waals surface area contributed by atoms with Gasteiger partial charge in [0.2, 0.25) is 11.1 Å². The van der Waals surface area contributed by atoms with E-state index in [1.54, 1.807) is 36.5 Å². The lowest BCUT2D eigenvalue weighted by molar-refractivity contribution is 0.269. The monoisotopic (exact) mass is 309 g/mol. The lowest BCUT2D eigenvalue weighted by Gasteiger charge is -2.04. The molecule has 0 radical (unpaired) electrons. The van der Waals surface area contributed by atoms with Crippen molar-refractivity contribution < 1.29 is 9.52 Å². The predicted molar refractivity (Wildman–Crippen MR) is 81.7 cm³/mol. The van der Waals surface area contributed by atoms with Crippen molar-refractivity contribution in [3.63, 3.8) is 0 Å². The maximum Gasteiger partial charge on any atom is 0.230 e. The van der Waals surface area contributed by atoms with Gasteiger partial charge in [-0.05, 0) is 40.8 Å². The molecule has 114 valence electrons. The van der Waals surface area contributed by atoms with Gasteiger partial charge in [0.15, 0.2) is 5.82 Å². The average molecular weight is 309 g/mol. The summed E-state index contributed by atoms with van der Waals surface area (Å²) in [4.78, 5) is 16.7. The van der Waals surface area contributed by atoms with Gasteiger partial charge in [0, 0.05) is 11.8 Å². The number of pyridine rings is 1. The van der Waals surface area contributed by atoms with Gasteiger partial charge in [0.25, 0.3) is 0 Å². The van der Waals surface area contributed by atoms with Crippen molar-refractivity contribution in [3.8, 4) is 11.4 Å². The first-order valence-corrected chi connectivity index (χ1v) is 6.97. The van der Waals surface area contributed by atoms with E-state index in [0.717, 1.165) is 0 Å². The molecule has 0 saturated heterocycles. The minimum Gasteiger partial charge on any atom is -0.437 e. The molecule has 0 saturated carbocycles. The van der Waals surface area contributed by atoms with Crippen molar-refractivity contribution in [2.75, 3.05) is 6.61 Å². The average Bonchev–Trinajstić information content (AvgIpc) is 3.04. The van der Waals surface area contributed by atoms with Crippen LogP contribution in [0, 0.1) is 0 Å². The fourth-order valence-corrected chi connectivity index (χ4v) is 2.49. The maximum absolute atomic E-state index is 12.6. The van der Waals surface area contributed by atoms with Crippen molar-refractivity contribution >= 4 is 22.1 Å². The van der Waals surface area contributed by atoms with E-state index < -0.39 is 0 Å². The van der Waals surface area contributed by atoms with Crippen LogP contribution in [-0.4, -0.2) is 36.9 Å². The van der Waals surface area contributed by atoms with Crippen LogP contribution in [0.5, 0.6) is 0 Å². The Morgan fingerprint density at radius 2 is 2.13 bits per heavy atom. The smallest absolute Gasteiger partial charge is 0.230 e. The Labute approximate surface area is 129 Å². The highest BCUT2D eigenvalue weighted by molar-refractivity contribution is 5.90. The summed E-state index contributed by atoms with van der Waals surface area (Å²) in [6.45, 7) is 0.195. The van der Waals surface area contributed by atoms with Crippen LogP contribution in [0.3, 0.4) is 0 Å². The fraction of sp³-hybridized carbons (Fsp3) is 0.133. The third kappa shape index (κ3) is 2.16. The number of rotatable bonds is 3. The zero-order valence-corrected chi connectivity index (χ0v) is 11.9. The zero-order valence-electron chi connectivity index (χ0n) is 11.9. The largest absolute Gasteiger partial charge is 0.437 e. The Morgan fingerprint density at radius 1 is 1.22 bits per heavy atom. The molecule has 8 heteroatoms. The molecule has 0 spiro atoms. The highest BCUT2D eigenvalue weighted by Gasteiger charge is 2.13. The fourth-order valence-electron chi connectivity index (χ4n) is 2.49. The van der Waals surface area contributed by atoms with E-state index in [0.29, 0.717) is 33.5 Å². The van der Waals surface area contributed by atoms with Crippen LogP contribution in [0.15, 0.2) is 45.7 Å². The molecule has 3 heterocycles. The van der Waals surface area contributed by atoms with Gasteiger partial charge in [-0.2, -0.15) is 0 Å². The Bertz CT molecular complexity index is 1070. The van der Waals surface area contributed by atoms with Crippen molar-refractivity contribution in [2.45, 2.75) is 6.54 Å². The number of aliphatic hydroxyl groups is 1. The molecule has 8 nitrogen and oxygen atoms in total. The number of hydrogen-bond donors (Lipinski definition) is 1. The summed E-state index contributed by atoms with van der Waals surface area (Å²) in [7, 11) is 0. The Morgan fingerprint density at radius 3 is 3.00 bits per heavy atom. The molecule has 0 aliphatic carbocycles. The van der Waals surface area contributed by atoms with Crippen LogP contribution in [0.4, 0.5) is 0 Å².